The minimum Gasteiger partial charge on any atom is -0.496 e. The first-order valence-electron chi connectivity index (χ1n) is 7.39. The van der Waals surface area contributed by atoms with Crippen LogP contribution in [0.3, 0.4) is 0 Å². The number of alkyl halides is 1. The van der Waals surface area contributed by atoms with E-state index in [1.807, 2.05) is 0 Å². The lowest BCUT2D eigenvalue weighted by molar-refractivity contribution is 0.408. The van der Waals surface area contributed by atoms with Crippen molar-refractivity contribution in [1.82, 2.24) is 0 Å². The Hall–Kier alpha value is -0.690. The van der Waals surface area contributed by atoms with E-state index < -0.39 is 0 Å². The largest absolute Gasteiger partial charge is 0.496 e. The highest BCUT2D eigenvalue weighted by molar-refractivity contribution is 6.20. The van der Waals surface area contributed by atoms with Gasteiger partial charge in [-0.25, -0.2) is 0 Å². The predicted octanol–water partition coefficient (Wildman–Crippen LogP) is 5.95. The van der Waals surface area contributed by atoms with Crippen molar-refractivity contribution in [3.05, 3.63) is 28.8 Å². The Bertz CT molecular complexity index is 364. The first kappa shape index (κ1) is 16.4. The summed E-state index contributed by atoms with van der Waals surface area (Å²) in [5.74, 6) is 0.982. The van der Waals surface area contributed by atoms with Crippen LogP contribution in [0.4, 0.5) is 0 Å². The highest BCUT2D eigenvalue weighted by Gasteiger charge is 2.12. The van der Waals surface area contributed by atoms with Gasteiger partial charge in [0.05, 0.1) is 12.5 Å². The normalized spacial score (nSPS) is 12.5. The molecule has 0 saturated heterocycles. The molecule has 0 bridgehead atoms. The fourth-order valence-corrected chi connectivity index (χ4v) is 2.86. The van der Waals surface area contributed by atoms with Gasteiger partial charge in [-0.05, 0) is 37.0 Å². The van der Waals surface area contributed by atoms with E-state index >= 15 is 0 Å². The standard InChI is InChI=1S/C17H27ClO/c1-5-6-7-8-9-10-16(18)15-11-13(2)17(19-4)14(3)12-15/h11-12,16H,5-10H2,1-4H3. The van der Waals surface area contributed by atoms with Gasteiger partial charge in [0.2, 0.25) is 0 Å². The molecule has 0 aliphatic rings. The van der Waals surface area contributed by atoms with Gasteiger partial charge in [0, 0.05) is 0 Å². The van der Waals surface area contributed by atoms with E-state index in [0.29, 0.717) is 0 Å². The monoisotopic (exact) mass is 282 g/mol. The molecular formula is C17H27ClO. The summed E-state index contributed by atoms with van der Waals surface area (Å²) in [5.41, 5.74) is 3.58. The lowest BCUT2D eigenvalue weighted by Crippen LogP contribution is -1.97. The molecule has 19 heavy (non-hydrogen) atoms. The lowest BCUT2D eigenvalue weighted by Gasteiger charge is -2.15. The maximum atomic E-state index is 6.52. The number of hydrogen-bond donors (Lipinski definition) is 0. The highest BCUT2D eigenvalue weighted by atomic mass is 35.5. The zero-order chi connectivity index (χ0) is 14.3. The van der Waals surface area contributed by atoms with Crippen molar-refractivity contribution in [3.63, 3.8) is 0 Å². The molecule has 1 unspecified atom stereocenters. The SMILES string of the molecule is CCCCCCCC(Cl)c1cc(C)c(OC)c(C)c1. The Labute approximate surface area is 123 Å². The average Bonchev–Trinajstić information content (AvgIpc) is 2.38. The van der Waals surface area contributed by atoms with Crippen LogP contribution in [0, 0.1) is 13.8 Å². The Morgan fingerprint density at radius 3 is 2.16 bits per heavy atom. The van der Waals surface area contributed by atoms with Crippen LogP contribution in [-0.4, -0.2) is 7.11 Å². The summed E-state index contributed by atoms with van der Waals surface area (Å²) in [5, 5.41) is 0.130. The summed E-state index contributed by atoms with van der Waals surface area (Å²) >= 11 is 6.52. The minimum absolute atomic E-state index is 0.130. The molecule has 2 heteroatoms. The minimum atomic E-state index is 0.130. The molecule has 1 aromatic rings. The molecule has 108 valence electrons. The second-order valence-electron chi connectivity index (χ2n) is 5.36. The third-order valence-electron chi connectivity index (χ3n) is 3.61. The summed E-state index contributed by atoms with van der Waals surface area (Å²) in [6.07, 6.45) is 7.55. The molecule has 1 nitrogen and oxygen atoms in total. The first-order chi connectivity index (χ1) is 9.10. The molecule has 0 amide bonds. The molecule has 0 aliphatic carbocycles. The van der Waals surface area contributed by atoms with Crippen LogP contribution in [0.25, 0.3) is 0 Å². The Morgan fingerprint density at radius 2 is 1.63 bits per heavy atom. The van der Waals surface area contributed by atoms with E-state index in [1.165, 1.54) is 48.8 Å². The molecule has 0 spiro atoms. The maximum Gasteiger partial charge on any atom is 0.124 e. The summed E-state index contributed by atoms with van der Waals surface area (Å²) in [4.78, 5) is 0. The number of ether oxygens (including phenoxy) is 1. The first-order valence-corrected chi connectivity index (χ1v) is 7.83. The molecule has 0 fully saturated rings. The summed E-state index contributed by atoms with van der Waals surface area (Å²) in [7, 11) is 1.72. The molecule has 0 N–H and O–H groups in total. The number of methoxy groups -OCH3 is 1. The van der Waals surface area contributed by atoms with Crippen LogP contribution in [0.2, 0.25) is 0 Å². The van der Waals surface area contributed by atoms with Gasteiger partial charge in [-0.15, -0.1) is 11.6 Å². The molecule has 0 aromatic heterocycles. The number of hydrogen-bond acceptors (Lipinski definition) is 1. The van der Waals surface area contributed by atoms with Gasteiger partial charge in [-0.3, -0.25) is 0 Å². The smallest absolute Gasteiger partial charge is 0.124 e. The molecule has 0 saturated carbocycles. The van der Waals surface area contributed by atoms with Gasteiger partial charge in [0.1, 0.15) is 5.75 Å². The van der Waals surface area contributed by atoms with Crippen LogP contribution < -0.4 is 4.74 Å². The van der Waals surface area contributed by atoms with Crippen molar-refractivity contribution in [3.8, 4) is 5.75 Å². The van der Waals surface area contributed by atoms with E-state index in [-0.39, 0.29) is 5.38 Å². The van der Waals surface area contributed by atoms with Crippen molar-refractivity contribution in [2.24, 2.45) is 0 Å². The topological polar surface area (TPSA) is 9.23 Å². The van der Waals surface area contributed by atoms with E-state index in [4.69, 9.17) is 16.3 Å². The molecular weight excluding hydrogens is 256 g/mol. The van der Waals surface area contributed by atoms with Gasteiger partial charge < -0.3 is 4.74 Å². The quantitative estimate of drug-likeness (QED) is 0.423. The van der Waals surface area contributed by atoms with Gasteiger partial charge in [-0.2, -0.15) is 0 Å². The second kappa shape index (κ2) is 8.47. The Morgan fingerprint density at radius 1 is 1.05 bits per heavy atom. The van der Waals surface area contributed by atoms with E-state index in [2.05, 4.69) is 32.9 Å². The fourth-order valence-electron chi connectivity index (χ4n) is 2.58. The van der Waals surface area contributed by atoms with Crippen LogP contribution in [0.5, 0.6) is 5.75 Å². The maximum absolute atomic E-state index is 6.52. The van der Waals surface area contributed by atoms with E-state index in [0.717, 1.165) is 12.2 Å². The van der Waals surface area contributed by atoms with Crippen molar-refractivity contribution in [1.29, 1.82) is 0 Å². The van der Waals surface area contributed by atoms with Crippen molar-refractivity contribution in [2.75, 3.05) is 7.11 Å². The van der Waals surface area contributed by atoms with Crippen LogP contribution >= 0.6 is 11.6 Å². The average molecular weight is 283 g/mol. The number of halogens is 1. The van der Waals surface area contributed by atoms with Crippen molar-refractivity contribution in [2.45, 2.75) is 64.7 Å². The van der Waals surface area contributed by atoms with Gasteiger partial charge >= 0.3 is 0 Å². The fraction of sp³-hybridized carbons (Fsp3) is 0.647. The molecule has 0 heterocycles. The molecule has 1 aromatic carbocycles. The molecule has 0 aliphatic heterocycles. The Kier molecular flexibility index (Phi) is 7.30. The predicted molar refractivity (Wildman–Crippen MR) is 84.4 cm³/mol. The number of aryl methyl sites for hydroxylation is 2. The van der Waals surface area contributed by atoms with Gasteiger partial charge in [-0.1, -0.05) is 51.2 Å². The lowest BCUT2D eigenvalue weighted by atomic mass is 10.00. The molecule has 1 atom stereocenters. The summed E-state index contributed by atoms with van der Waals surface area (Å²) in [6, 6.07) is 4.32. The third kappa shape index (κ3) is 5.06. The van der Waals surface area contributed by atoms with E-state index in [9.17, 15) is 0 Å². The Balaban J connectivity index is 2.55. The third-order valence-corrected chi connectivity index (χ3v) is 4.08. The second-order valence-corrected chi connectivity index (χ2v) is 5.89. The number of unbranched alkanes of at least 4 members (excludes halogenated alkanes) is 4. The van der Waals surface area contributed by atoms with Gasteiger partial charge in [0.15, 0.2) is 0 Å². The summed E-state index contributed by atoms with van der Waals surface area (Å²) < 4.78 is 5.39. The molecule has 0 radical (unpaired) electrons. The molecule has 1 rings (SSSR count). The van der Waals surface area contributed by atoms with Crippen LogP contribution in [-0.2, 0) is 0 Å². The van der Waals surface area contributed by atoms with Crippen molar-refractivity contribution < 1.29 is 4.74 Å². The number of rotatable bonds is 8. The zero-order valence-electron chi connectivity index (χ0n) is 12.8. The van der Waals surface area contributed by atoms with Crippen LogP contribution in [0.1, 0.15) is 67.5 Å². The number of benzene rings is 1. The van der Waals surface area contributed by atoms with Crippen molar-refractivity contribution >= 4 is 11.6 Å². The van der Waals surface area contributed by atoms with Gasteiger partial charge in [0.25, 0.3) is 0 Å². The zero-order valence-corrected chi connectivity index (χ0v) is 13.5. The summed E-state index contributed by atoms with van der Waals surface area (Å²) in [6.45, 7) is 6.41. The highest BCUT2D eigenvalue weighted by Crippen LogP contribution is 2.32. The van der Waals surface area contributed by atoms with E-state index in [1.54, 1.807) is 7.11 Å². The van der Waals surface area contributed by atoms with Crippen LogP contribution in [0.15, 0.2) is 12.1 Å².